The fraction of sp³-hybridized carbons (Fsp3) is 0.632. The topological polar surface area (TPSA) is 78.0 Å². The lowest BCUT2D eigenvalue weighted by molar-refractivity contribution is 0.216. The molecule has 7 heteroatoms. The fourth-order valence-electron chi connectivity index (χ4n) is 6.65. The van der Waals surface area contributed by atoms with Crippen molar-refractivity contribution >= 4 is 22.7 Å². The zero-order chi connectivity index (χ0) is 33.4. The fourth-order valence-corrected chi connectivity index (χ4v) is 7.78. The number of fused-ring (bicyclic) bond motifs is 2. The number of aromatic nitrogens is 1. The van der Waals surface area contributed by atoms with E-state index in [0.29, 0.717) is 5.70 Å². The van der Waals surface area contributed by atoms with E-state index in [2.05, 4.69) is 40.9 Å². The van der Waals surface area contributed by atoms with Gasteiger partial charge in [-0.25, -0.2) is 4.98 Å². The van der Waals surface area contributed by atoms with Crippen molar-refractivity contribution in [3.05, 3.63) is 70.6 Å². The first kappa shape index (κ1) is 38.7. The first-order chi connectivity index (χ1) is 21.9. The summed E-state index contributed by atoms with van der Waals surface area (Å²) in [6.45, 7) is 24.7. The van der Waals surface area contributed by atoms with Gasteiger partial charge in [0.1, 0.15) is 0 Å². The molecule has 2 saturated carbocycles. The molecule has 2 aliphatic carbocycles. The quantitative estimate of drug-likeness (QED) is 0.326. The van der Waals surface area contributed by atoms with Gasteiger partial charge in [-0.3, -0.25) is 9.89 Å². The molecule has 0 bridgehead atoms. The Kier molecular flexibility index (Phi) is 17.7. The van der Waals surface area contributed by atoms with Gasteiger partial charge in [0.25, 0.3) is 0 Å². The second-order valence-electron chi connectivity index (χ2n) is 12.1. The Morgan fingerprint density at radius 2 is 1.87 bits per heavy atom. The standard InChI is InChI=1S/C20H31N3S.C13H16N2.2C2H6.CH4O/c1-14-12-23(18-11-16(14)18)20-21-17-13-22(10-8-19(17)24-20)9-7-15-5-3-2-4-6-15;1-4-7-13-12(10(2)11(3)14)8-5-6-9-15-13;3*1-2/h14-16,18H,2-13H2,1H3;4-5,7-9H,1,3,6,14H2,2H3;2*1-2H3;2H,1H3/b;12-10+,13-7+;;;. The highest BCUT2D eigenvalue weighted by molar-refractivity contribution is 7.15. The molecule has 0 aromatic carbocycles. The molecule has 45 heavy (non-hydrogen) atoms. The Balaban J connectivity index is 0.000000292. The van der Waals surface area contributed by atoms with Crippen molar-refractivity contribution < 1.29 is 5.11 Å². The lowest BCUT2D eigenvalue weighted by Crippen LogP contribution is -2.32. The van der Waals surface area contributed by atoms with Crippen molar-refractivity contribution in [1.82, 2.24) is 9.88 Å². The van der Waals surface area contributed by atoms with Crippen LogP contribution in [0.1, 0.15) is 103 Å². The van der Waals surface area contributed by atoms with Crippen LogP contribution in [0.4, 0.5) is 5.13 Å². The van der Waals surface area contributed by atoms with Gasteiger partial charge in [0.05, 0.1) is 11.4 Å². The predicted molar refractivity (Wildman–Crippen MR) is 198 cm³/mol. The molecule has 1 saturated heterocycles. The number of aliphatic hydroxyl groups is 1. The minimum absolute atomic E-state index is 0.571. The first-order valence-electron chi connectivity index (χ1n) is 17.5. The van der Waals surface area contributed by atoms with Crippen LogP contribution in [0.3, 0.4) is 0 Å². The van der Waals surface area contributed by atoms with Crippen LogP contribution in [0.5, 0.6) is 0 Å². The summed E-state index contributed by atoms with van der Waals surface area (Å²) in [6, 6.07) is 0.829. The number of thiazole rings is 1. The molecular weight excluding hydrogens is 575 g/mol. The molecule has 0 spiro atoms. The number of nitrogens with zero attached hydrogens (tertiary/aromatic N) is 4. The number of rotatable bonds is 6. The monoisotopic (exact) mass is 637 g/mol. The highest BCUT2D eigenvalue weighted by Gasteiger charge is 2.52. The second kappa shape index (κ2) is 20.6. The van der Waals surface area contributed by atoms with E-state index in [4.69, 9.17) is 15.8 Å². The van der Waals surface area contributed by atoms with Crippen LogP contribution in [0, 0.1) is 17.8 Å². The van der Waals surface area contributed by atoms with Crippen LogP contribution < -0.4 is 10.6 Å². The molecule has 0 amide bonds. The van der Waals surface area contributed by atoms with E-state index in [1.165, 1.54) is 81.8 Å². The van der Waals surface area contributed by atoms with Gasteiger partial charge >= 0.3 is 0 Å². The normalized spacial score (nSPS) is 25.4. The molecule has 1 aromatic heterocycles. The third-order valence-corrected chi connectivity index (χ3v) is 10.4. The summed E-state index contributed by atoms with van der Waals surface area (Å²) in [4.78, 5) is 16.3. The maximum absolute atomic E-state index is 7.00. The first-order valence-corrected chi connectivity index (χ1v) is 18.4. The summed E-state index contributed by atoms with van der Waals surface area (Å²) in [5, 5.41) is 8.34. The van der Waals surface area contributed by atoms with E-state index in [1.54, 1.807) is 11.0 Å². The number of piperidine rings is 1. The Morgan fingerprint density at radius 3 is 2.47 bits per heavy atom. The zero-order valence-electron chi connectivity index (χ0n) is 29.5. The summed E-state index contributed by atoms with van der Waals surface area (Å²) in [5.41, 5.74) is 10.5. The van der Waals surface area contributed by atoms with Crippen molar-refractivity contribution in [2.45, 2.75) is 112 Å². The number of allylic oxidation sites excluding steroid dienone is 5. The lowest BCUT2D eigenvalue weighted by Gasteiger charge is -2.29. The maximum Gasteiger partial charge on any atom is 0.186 e. The van der Waals surface area contributed by atoms with Crippen LogP contribution in [0.2, 0.25) is 0 Å². The Morgan fingerprint density at radius 1 is 1.16 bits per heavy atom. The van der Waals surface area contributed by atoms with E-state index in [-0.39, 0.29) is 0 Å². The summed E-state index contributed by atoms with van der Waals surface area (Å²) in [6.07, 6.45) is 21.8. The summed E-state index contributed by atoms with van der Waals surface area (Å²) >= 11 is 2.00. The molecule has 252 valence electrons. The van der Waals surface area contributed by atoms with Gasteiger partial charge < -0.3 is 15.7 Å². The van der Waals surface area contributed by atoms with Gasteiger partial charge in [-0.2, -0.15) is 0 Å². The Bertz CT molecular complexity index is 1170. The zero-order valence-corrected chi connectivity index (χ0v) is 30.3. The lowest BCUT2D eigenvalue weighted by atomic mass is 9.87. The molecule has 6 rings (SSSR count). The van der Waals surface area contributed by atoms with Gasteiger partial charge in [-0.05, 0) is 62.1 Å². The number of aliphatic imine (C=N–C) groups is 1. The molecule has 3 atom stereocenters. The largest absolute Gasteiger partial charge is 0.400 e. The second-order valence-corrected chi connectivity index (χ2v) is 13.1. The molecule has 3 unspecified atom stereocenters. The van der Waals surface area contributed by atoms with Crippen LogP contribution in [0.25, 0.3) is 0 Å². The molecule has 3 fully saturated rings. The van der Waals surface area contributed by atoms with Gasteiger partial charge in [-0.15, -0.1) is 11.3 Å². The minimum Gasteiger partial charge on any atom is -0.400 e. The molecule has 0 radical (unpaired) electrons. The average Bonchev–Trinajstić information content (AvgIpc) is 3.74. The summed E-state index contributed by atoms with van der Waals surface area (Å²) < 4.78 is 0. The number of nitrogens with two attached hydrogens (primary N) is 1. The summed E-state index contributed by atoms with van der Waals surface area (Å²) in [5.74, 6) is 2.85. The molecule has 1 aromatic rings. The number of hydrogen-bond acceptors (Lipinski definition) is 7. The molecule has 6 nitrogen and oxygen atoms in total. The van der Waals surface area contributed by atoms with Crippen molar-refractivity contribution in [2.75, 3.05) is 31.6 Å². The van der Waals surface area contributed by atoms with Crippen molar-refractivity contribution in [2.24, 2.45) is 28.5 Å². The average molecular weight is 638 g/mol. The van der Waals surface area contributed by atoms with E-state index < -0.39 is 0 Å². The minimum atomic E-state index is 0.571. The SMILES string of the molecule is C=C/C=C1/N=CCC=C/C1=C(/C)C(=C)N.CC.CC.CC1CN(c2nc3c(s2)CCN(CCC2CCCCC2)C3)C2CC12.CO. The van der Waals surface area contributed by atoms with Crippen molar-refractivity contribution in [3.63, 3.8) is 0 Å². The van der Waals surface area contributed by atoms with E-state index in [1.807, 2.05) is 64.3 Å². The highest BCUT2D eigenvalue weighted by Crippen LogP contribution is 2.50. The van der Waals surface area contributed by atoms with E-state index in [9.17, 15) is 0 Å². The highest BCUT2D eigenvalue weighted by atomic mass is 32.1. The van der Waals surface area contributed by atoms with Crippen LogP contribution in [-0.4, -0.2) is 54.0 Å². The van der Waals surface area contributed by atoms with Gasteiger partial charge in [0.2, 0.25) is 0 Å². The smallest absolute Gasteiger partial charge is 0.186 e. The van der Waals surface area contributed by atoms with Gasteiger partial charge in [0, 0.05) is 61.6 Å². The third-order valence-electron chi connectivity index (χ3n) is 9.23. The van der Waals surface area contributed by atoms with Crippen LogP contribution in [-0.2, 0) is 13.0 Å². The molecule has 3 aliphatic heterocycles. The predicted octanol–water partition coefficient (Wildman–Crippen LogP) is 8.85. The van der Waals surface area contributed by atoms with Crippen LogP contribution >= 0.6 is 11.3 Å². The third kappa shape index (κ3) is 11.1. The Hall–Kier alpha value is -2.48. The van der Waals surface area contributed by atoms with Crippen molar-refractivity contribution in [3.8, 4) is 0 Å². The van der Waals surface area contributed by atoms with Gasteiger partial charge in [-0.1, -0.05) is 98.1 Å². The molecule has 3 N–H and O–H groups in total. The van der Waals surface area contributed by atoms with E-state index >= 15 is 0 Å². The van der Waals surface area contributed by atoms with Gasteiger partial charge in [0.15, 0.2) is 5.13 Å². The van der Waals surface area contributed by atoms with Crippen molar-refractivity contribution in [1.29, 1.82) is 0 Å². The number of hydrogen-bond donors (Lipinski definition) is 2. The number of aliphatic hydroxyl groups excluding tert-OH is 1. The molecular formula is C38H63N5OS. The molecule has 5 aliphatic rings. The van der Waals surface area contributed by atoms with E-state index in [0.717, 1.165) is 60.7 Å². The maximum atomic E-state index is 7.00. The number of anilines is 1. The Labute approximate surface area is 279 Å². The molecule has 4 heterocycles. The summed E-state index contributed by atoms with van der Waals surface area (Å²) in [7, 11) is 1.00. The van der Waals surface area contributed by atoms with Crippen LogP contribution in [0.15, 0.2) is 65.0 Å².